The van der Waals surface area contributed by atoms with Gasteiger partial charge < -0.3 is 9.84 Å². The molecule has 1 aliphatic heterocycles. The van der Waals surface area contributed by atoms with Crippen LogP contribution in [0.15, 0.2) is 35.2 Å². The van der Waals surface area contributed by atoms with Crippen LogP contribution in [0.3, 0.4) is 0 Å². The van der Waals surface area contributed by atoms with Crippen molar-refractivity contribution >= 4 is 11.8 Å². The van der Waals surface area contributed by atoms with E-state index < -0.39 is 0 Å². The summed E-state index contributed by atoms with van der Waals surface area (Å²) in [5.41, 5.74) is 0.0200. The molecule has 2 atom stereocenters. The Morgan fingerprint density at radius 2 is 1.89 bits per heavy atom. The van der Waals surface area contributed by atoms with Gasteiger partial charge >= 0.3 is 0 Å². The van der Waals surface area contributed by atoms with Gasteiger partial charge in [0.05, 0.1) is 18.3 Å². The topological polar surface area (TPSA) is 29.5 Å². The summed E-state index contributed by atoms with van der Waals surface area (Å²) < 4.78 is 6.25. The smallest absolute Gasteiger partial charge is 0.0825 e. The fourth-order valence-electron chi connectivity index (χ4n) is 3.43. The van der Waals surface area contributed by atoms with Gasteiger partial charge in [-0.05, 0) is 31.4 Å². The zero-order valence-corrected chi connectivity index (χ0v) is 12.1. The molecule has 0 radical (unpaired) electrons. The molecular formula is C16H22O2S. The van der Waals surface area contributed by atoms with E-state index in [0.717, 1.165) is 19.3 Å². The normalized spacial score (nSPS) is 29.7. The molecule has 1 saturated carbocycles. The molecule has 19 heavy (non-hydrogen) atoms. The first-order chi connectivity index (χ1) is 9.32. The molecule has 0 aromatic heterocycles. The zero-order chi connectivity index (χ0) is 13.1. The number of ether oxygens (including phenoxy) is 1. The van der Waals surface area contributed by atoms with Gasteiger partial charge in [0.2, 0.25) is 0 Å². The quantitative estimate of drug-likeness (QED) is 0.915. The van der Waals surface area contributed by atoms with Crippen LogP contribution in [-0.2, 0) is 4.74 Å². The van der Waals surface area contributed by atoms with E-state index in [-0.39, 0.29) is 18.3 Å². The summed E-state index contributed by atoms with van der Waals surface area (Å²) in [6.45, 7) is 0.160. The third-order valence-corrected chi connectivity index (χ3v) is 5.84. The minimum absolute atomic E-state index is 0.0200. The van der Waals surface area contributed by atoms with Crippen molar-refractivity contribution in [3.8, 4) is 0 Å². The van der Waals surface area contributed by atoms with Gasteiger partial charge in [-0.2, -0.15) is 0 Å². The Labute approximate surface area is 119 Å². The number of rotatable bonds is 3. The maximum Gasteiger partial charge on any atom is 0.0825 e. The van der Waals surface area contributed by atoms with Crippen LogP contribution >= 0.6 is 11.8 Å². The molecule has 1 aromatic rings. The summed E-state index contributed by atoms with van der Waals surface area (Å²) in [6, 6.07) is 10.6. The van der Waals surface area contributed by atoms with E-state index in [4.69, 9.17) is 4.74 Å². The fraction of sp³-hybridized carbons (Fsp3) is 0.625. The second-order valence-corrected chi connectivity index (χ2v) is 6.98. The second-order valence-electron chi connectivity index (χ2n) is 5.70. The minimum atomic E-state index is 0.0200. The van der Waals surface area contributed by atoms with Crippen LogP contribution in [-0.4, -0.2) is 28.7 Å². The number of benzene rings is 1. The third-order valence-electron chi connectivity index (χ3n) is 4.39. The molecule has 0 unspecified atom stereocenters. The Morgan fingerprint density at radius 3 is 2.58 bits per heavy atom. The number of thioether (sulfide) groups is 1. The predicted molar refractivity (Wildman–Crippen MR) is 78.5 cm³/mol. The van der Waals surface area contributed by atoms with E-state index in [2.05, 4.69) is 30.3 Å². The van der Waals surface area contributed by atoms with Crippen molar-refractivity contribution < 1.29 is 9.84 Å². The fourth-order valence-corrected chi connectivity index (χ4v) is 4.89. The Hall–Kier alpha value is -0.510. The molecule has 1 saturated heterocycles. The standard InChI is InChI=1S/C16H22O2S/c17-12-13-11-15(19-14-7-3-1-4-8-14)16(18-13)9-5-2-6-10-16/h1,3-4,7-8,13,15,17H,2,5-6,9-12H2/t13-,15+/m1/s1. The lowest BCUT2D eigenvalue weighted by atomic mass is 9.82. The molecule has 3 heteroatoms. The van der Waals surface area contributed by atoms with Crippen molar-refractivity contribution in [3.63, 3.8) is 0 Å². The zero-order valence-electron chi connectivity index (χ0n) is 11.3. The van der Waals surface area contributed by atoms with Crippen LogP contribution in [0.2, 0.25) is 0 Å². The van der Waals surface area contributed by atoms with E-state index in [1.165, 1.54) is 24.2 Å². The lowest BCUT2D eigenvalue weighted by Gasteiger charge is -2.37. The first-order valence-electron chi connectivity index (χ1n) is 7.33. The summed E-state index contributed by atoms with van der Waals surface area (Å²) in [5.74, 6) is 0. The monoisotopic (exact) mass is 278 g/mol. The van der Waals surface area contributed by atoms with Gasteiger partial charge in [-0.25, -0.2) is 0 Å². The molecule has 0 bridgehead atoms. The van der Waals surface area contributed by atoms with Gasteiger partial charge in [0.1, 0.15) is 0 Å². The van der Waals surface area contributed by atoms with Crippen LogP contribution in [0, 0.1) is 0 Å². The first-order valence-corrected chi connectivity index (χ1v) is 8.21. The van der Waals surface area contributed by atoms with E-state index in [9.17, 15) is 5.11 Å². The average molecular weight is 278 g/mol. The lowest BCUT2D eigenvalue weighted by Crippen LogP contribution is -2.39. The van der Waals surface area contributed by atoms with Crippen molar-refractivity contribution in [3.05, 3.63) is 30.3 Å². The Bertz CT molecular complexity index is 400. The molecular weight excluding hydrogens is 256 g/mol. The predicted octanol–water partition coefficient (Wildman–Crippen LogP) is 3.63. The number of hydrogen-bond acceptors (Lipinski definition) is 3. The highest BCUT2D eigenvalue weighted by atomic mass is 32.2. The Kier molecular flexibility index (Phi) is 4.15. The molecule has 1 aromatic carbocycles. The SMILES string of the molecule is OC[C@H]1C[C@H](Sc2ccccc2)C2(CCCCC2)O1. The molecule has 2 nitrogen and oxygen atoms in total. The summed E-state index contributed by atoms with van der Waals surface area (Å²) in [7, 11) is 0. The highest BCUT2D eigenvalue weighted by molar-refractivity contribution is 8.00. The largest absolute Gasteiger partial charge is 0.394 e. The third kappa shape index (κ3) is 2.83. The summed E-state index contributed by atoms with van der Waals surface area (Å²) in [5, 5.41) is 9.92. The van der Waals surface area contributed by atoms with Gasteiger partial charge in [0.25, 0.3) is 0 Å². The molecule has 2 aliphatic rings. The maximum atomic E-state index is 9.43. The molecule has 1 spiro atoms. The summed E-state index contributed by atoms with van der Waals surface area (Å²) in [6.07, 6.45) is 7.21. The van der Waals surface area contributed by atoms with Gasteiger partial charge in [0, 0.05) is 10.1 Å². The van der Waals surface area contributed by atoms with Crippen LogP contribution in [0.1, 0.15) is 38.5 Å². The van der Waals surface area contributed by atoms with Crippen molar-refractivity contribution in [2.24, 2.45) is 0 Å². The highest BCUT2D eigenvalue weighted by Gasteiger charge is 2.48. The average Bonchev–Trinajstić information content (AvgIpc) is 2.79. The number of aliphatic hydroxyl groups excluding tert-OH is 1. The van der Waals surface area contributed by atoms with Crippen LogP contribution in [0.5, 0.6) is 0 Å². The van der Waals surface area contributed by atoms with E-state index in [1.54, 1.807) is 0 Å². The number of hydrogen-bond donors (Lipinski definition) is 1. The second kappa shape index (κ2) is 5.86. The first kappa shape index (κ1) is 13.5. The van der Waals surface area contributed by atoms with Crippen molar-refractivity contribution in [1.82, 2.24) is 0 Å². The van der Waals surface area contributed by atoms with Crippen molar-refractivity contribution in [2.45, 2.75) is 60.4 Å². The lowest BCUT2D eigenvalue weighted by molar-refractivity contribution is -0.0761. The maximum absolute atomic E-state index is 9.43. The van der Waals surface area contributed by atoms with Gasteiger partial charge in [0.15, 0.2) is 0 Å². The molecule has 1 aliphatic carbocycles. The van der Waals surface area contributed by atoms with Crippen LogP contribution in [0.4, 0.5) is 0 Å². The summed E-state index contributed by atoms with van der Waals surface area (Å²) in [4.78, 5) is 1.32. The van der Waals surface area contributed by atoms with Gasteiger partial charge in [-0.3, -0.25) is 0 Å². The highest BCUT2D eigenvalue weighted by Crippen LogP contribution is 2.49. The molecule has 104 valence electrons. The van der Waals surface area contributed by atoms with Gasteiger partial charge in [-0.15, -0.1) is 11.8 Å². The van der Waals surface area contributed by atoms with Crippen molar-refractivity contribution in [2.75, 3.05) is 6.61 Å². The molecule has 0 amide bonds. The molecule has 2 fully saturated rings. The minimum Gasteiger partial charge on any atom is -0.394 e. The van der Waals surface area contributed by atoms with E-state index in [1.807, 2.05) is 11.8 Å². The number of aliphatic hydroxyl groups is 1. The van der Waals surface area contributed by atoms with E-state index in [0.29, 0.717) is 5.25 Å². The Morgan fingerprint density at radius 1 is 1.16 bits per heavy atom. The van der Waals surface area contributed by atoms with Crippen LogP contribution < -0.4 is 0 Å². The Balaban J connectivity index is 1.77. The summed E-state index contributed by atoms with van der Waals surface area (Å²) >= 11 is 1.94. The van der Waals surface area contributed by atoms with Crippen molar-refractivity contribution in [1.29, 1.82) is 0 Å². The molecule has 3 rings (SSSR count). The molecule has 1 heterocycles. The van der Waals surface area contributed by atoms with Crippen LogP contribution in [0.25, 0.3) is 0 Å². The van der Waals surface area contributed by atoms with E-state index >= 15 is 0 Å². The molecule has 1 N–H and O–H groups in total. The van der Waals surface area contributed by atoms with Gasteiger partial charge in [-0.1, -0.05) is 37.5 Å².